The first-order chi connectivity index (χ1) is 9.95. The molecule has 110 valence electrons. The highest BCUT2D eigenvalue weighted by Gasteiger charge is 2.12. The molecule has 0 aliphatic carbocycles. The second kappa shape index (κ2) is 6.69. The molecule has 0 fully saturated rings. The van der Waals surface area contributed by atoms with Crippen LogP contribution in [0.4, 0.5) is 15.8 Å². The van der Waals surface area contributed by atoms with Gasteiger partial charge in [-0.1, -0.05) is 11.6 Å². The number of hydrogen-bond acceptors (Lipinski definition) is 3. The van der Waals surface area contributed by atoms with Crippen LogP contribution in [0.2, 0.25) is 5.02 Å². The Kier molecular flexibility index (Phi) is 4.93. The summed E-state index contributed by atoms with van der Waals surface area (Å²) in [4.78, 5) is 12.2. The quantitative estimate of drug-likeness (QED) is 0.849. The van der Waals surface area contributed by atoms with Crippen LogP contribution in [0.5, 0.6) is 0 Å². The van der Waals surface area contributed by atoms with Gasteiger partial charge in [-0.25, -0.2) is 4.39 Å². The van der Waals surface area contributed by atoms with E-state index in [1.807, 2.05) is 0 Å². The molecule has 7 heteroatoms. The van der Waals surface area contributed by atoms with Crippen molar-refractivity contribution in [3.8, 4) is 0 Å². The number of carbonyl (C=O) groups excluding carboxylic acids is 1. The predicted octanol–water partition coefficient (Wildman–Crippen LogP) is 2.81. The van der Waals surface area contributed by atoms with E-state index in [0.29, 0.717) is 21.3 Å². The zero-order valence-corrected chi connectivity index (χ0v) is 12.4. The van der Waals surface area contributed by atoms with Crippen molar-refractivity contribution < 1.29 is 13.4 Å². The number of nitrogens with one attached hydrogen (secondary N) is 1. The molecular weight excluding hydrogens is 315 g/mol. The number of hydrogen-bond donors (Lipinski definition) is 2. The third-order valence-corrected chi connectivity index (χ3v) is 4.24. The van der Waals surface area contributed by atoms with Crippen molar-refractivity contribution in [1.82, 2.24) is 0 Å². The van der Waals surface area contributed by atoms with E-state index in [9.17, 15) is 13.4 Å². The average molecular weight is 327 g/mol. The van der Waals surface area contributed by atoms with Gasteiger partial charge in [0.2, 0.25) is 5.91 Å². The van der Waals surface area contributed by atoms with Gasteiger partial charge in [0.1, 0.15) is 11.6 Å². The van der Waals surface area contributed by atoms with E-state index in [1.54, 1.807) is 12.1 Å². The fourth-order valence-electron chi connectivity index (χ4n) is 1.61. The van der Waals surface area contributed by atoms with Crippen LogP contribution >= 0.6 is 11.6 Å². The number of benzene rings is 2. The number of amides is 1. The van der Waals surface area contributed by atoms with Gasteiger partial charge in [-0.2, -0.15) is 0 Å². The highest BCUT2D eigenvalue weighted by molar-refractivity contribution is 7.85. The van der Waals surface area contributed by atoms with Crippen LogP contribution in [0, 0.1) is 5.82 Å². The monoisotopic (exact) mass is 326 g/mol. The molecule has 3 N–H and O–H groups in total. The van der Waals surface area contributed by atoms with E-state index >= 15 is 0 Å². The Morgan fingerprint density at radius 3 is 2.52 bits per heavy atom. The summed E-state index contributed by atoms with van der Waals surface area (Å²) in [5.41, 5.74) is 6.43. The normalized spacial score (nSPS) is 11.9. The molecule has 2 rings (SSSR count). The maximum absolute atomic E-state index is 12.8. The molecule has 21 heavy (non-hydrogen) atoms. The van der Waals surface area contributed by atoms with Crippen LogP contribution < -0.4 is 11.1 Å². The minimum Gasteiger partial charge on any atom is -0.399 e. The van der Waals surface area contributed by atoms with Gasteiger partial charge >= 0.3 is 0 Å². The van der Waals surface area contributed by atoms with Crippen LogP contribution in [0.25, 0.3) is 0 Å². The fourth-order valence-corrected chi connectivity index (χ4v) is 2.76. The summed E-state index contributed by atoms with van der Waals surface area (Å²) in [6.45, 7) is 0. The zero-order chi connectivity index (χ0) is 15.4. The van der Waals surface area contributed by atoms with Crippen LogP contribution in [0.1, 0.15) is 0 Å². The van der Waals surface area contributed by atoms with E-state index in [-0.39, 0.29) is 5.75 Å². The Bertz CT molecular complexity index is 692. The molecule has 0 bridgehead atoms. The fraction of sp³-hybridized carbons (Fsp3) is 0.0714. The van der Waals surface area contributed by atoms with Gasteiger partial charge in [-0.3, -0.25) is 9.00 Å². The van der Waals surface area contributed by atoms with Crippen molar-refractivity contribution >= 4 is 39.7 Å². The molecular formula is C14H12ClFN2O2S. The van der Waals surface area contributed by atoms with E-state index < -0.39 is 22.5 Å². The first-order valence-electron chi connectivity index (χ1n) is 5.94. The lowest BCUT2D eigenvalue weighted by atomic mass is 10.3. The molecule has 1 atom stereocenters. The van der Waals surface area contributed by atoms with Gasteiger partial charge in [0.05, 0.1) is 21.5 Å². The van der Waals surface area contributed by atoms with Crippen LogP contribution in [-0.2, 0) is 15.6 Å². The van der Waals surface area contributed by atoms with Gasteiger partial charge in [0.25, 0.3) is 0 Å². The maximum atomic E-state index is 12.8. The van der Waals surface area contributed by atoms with Gasteiger partial charge in [0.15, 0.2) is 0 Å². The van der Waals surface area contributed by atoms with E-state index in [4.69, 9.17) is 17.3 Å². The number of anilines is 2. The largest absolute Gasteiger partial charge is 0.399 e. The summed E-state index contributed by atoms with van der Waals surface area (Å²) < 4.78 is 24.7. The molecule has 4 nitrogen and oxygen atoms in total. The topological polar surface area (TPSA) is 72.2 Å². The van der Waals surface area contributed by atoms with Crippen LogP contribution in [0.15, 0.2) is 47.4 Å². The maximum Gasteiger partial charge on any atom is 0.237 e. The highest BCUT2D eigenvalue weighted by atomic mass is 35.5. The lowest BCUT2D eigenvalue weighted by molar-refractivity contribution is -0.113. The van der Waals surface area contributed by atoms with Crippen molar-refractivity contribution in [2.45, 2.75) is 4.90 Å². The first-order valence-corrected chi connectivity index (χ1v) is 7.64. The number of carbonyl (C=O) groups is 1. The molecule has 0 aliphatic heterocycles. The van der Waals surface area contributed by atoms with Crippen LogP contribution in [0.3, 0.4) is 0 Å². The minimum absolute atomic E-state index is 0.244. The Morgan fingerprint density at radius 2 is 1.90 bits per heavy atom. The van der Waals surface area contributed by atoms with E-state index in [0.717, 1.165) is 0 Å². The highest BCUT2D eigenvalue weighted by Crippen LogP contribution is 2.24. The van der Waals surface area contributed by atoms with E-state index in [1.165, 1.54) is 30.3 Å². The molecule has 0 spiro atoms. The molecule has 0 saturated heterocycles. The lowest BCUT2D eigenvalue weighted by Crippen LogP contribution is -2.19. The first kappa shape index (κ1) is 15.5. The Morgan fingerprint density at radius 1 is 1.24 bits per heavy atom. The third-order valence-electron chi connectivity index (χ3n) is 2.61. The van der Waals surface area contributed by atoms with E-state index in [2.05, 4.69) is 5.32 Å². The minimum atomic E-state index is -1.55. The summed E-state index contributed by atoms with van der Waals surface area (Å²) >= 11 is 5.93. The number of rotatable bonds is 4. The van der Waals surface area contributed by atoms with Crippen LogP contribution in [-0.4, -0.2) is 15.9 Å². The summed E-state index contributed by atoms with van der Waals surface area (Å²) in [6, 6.07) is 9.83. The molecule has 2 aromatic carbocycles. The Labute approximate surface area is 128 Å². The molecule has 2 aromatic rings. The molecule has 0 aromatic heterocycles. The molecule has 1 amide bonds. The SMILES string of the molecule is Nc1ccc(NC(=O)CS(=O)c2ccc(F)cc2)c(Cl)c1. The standard InChI is InChI=1S/C14H12ClFN2O2S/c15-12-7-10(17)3-6-13(12)18-14(19)8-21(20)11-4-1-9(16)2-5-11/h1-7H,8,17H2,(H,18,19). The third kappa shape index (κ3) is 4.27. The molecule has 0 saturated carbocycles. The molecule has 0 aliphatic rings. The van der Waals surface area contributed by atoms with Crippen molar-refractivity contribution in [2.24, 2.45) is 0 Å². The Hall–Kier alpha value is -1.92. The molecule has 0 radical (unpaired) electrons. The smallest absolute Gasteiger partial charge is 0.237 e. The average Bonchev–Trinajstić information content (AvgIpc) is 2.42. The number of halogens is 2. The molecule has 0 heterocycles. The number of nitrogen functional groups attached to an aromatic ring is 1. The summed E-state index contributed by atoms with van der Waals surface area (Å²) in [6.07, 6.45) is 0. The summed E-state index contributed by atoms with van der Waals surface area (Å²) in [5, 5.41) is 2.86. The van der Waals surface area contributed by atoms with Gasteiger partial charge in [-0.15, -0.1) is 0 Å². The van der Waals surface area contributed by atoms with Gasteiger partial charge in [0, 0.05) is 10.6 Å². The zero-order valence-electron chi connectivity index (χ0n) is 10.8. The lowest BCUT2D eigenvalue weighted by Gasteiger charge is -2.08. The predicted molar refractivity (Wildman–Crippen MR) is 82.2 cm³/mol. The Balaban J connectivity index is 2.01. The second-order valence-corrected chi connectivity index (χ2v) is 6.09. The van der Waals surface area contributed by atoms with Gasteiger partial charge in [-0.05, 0) is 42.5 Å². The summed E-state index contributed by atoms with van der Waals surface area (Å²) in [7, 11) is -1.55. The van der Waals surface area contributed by atoms with Crippen molar-refractivity contribution in [3.63, 3.8) is 0 Å². The van der Waals surface area contributed by atoms with Crippen molar-refractivity contribution in [2.75, 3.05) is 16.8 Å². The van der Waals surface area contributed by atoms with Crippen molar-refractivity contribution in [1.29, 1.82) is 0 Å². The molecule has 1 unspecified atom stereocenters. The summed E-state index contributed by atoms with van der Waals surface area (Å²) in [5.74, 6) is -1.12. The second-order valence-electron chi connectivity index (χ2n) is 4.23. The van der Waals surface area contributed by atoms with Gasteiger partial charge < -0.3 is 11.1 Å². The number of nitrogens with two attached hydrogens (primary N) is 1. The van der Waals surface area contributed by atoms with Crippen molar-refractivity contribution in [3.05, 3.63) is 53.3 Å².